The maximum Gasteiger partial charge on any atom is 0.256 e. The normalized spacial score (nSPS) is 20.8. The van der Waals surface area contributed by atoms with Gasteiger partial charge in [-0.25, -0.2) is 0 Å². The van der Waals surface area contributed by atoms with Crippen LogP contribution in [0.25, 0.3) is 0 Å². The molecule has 0 spiro atoms. The van der Waals surface area contributed by atoms with Gasteiger partial charge in [0.25, 0.3) is 5.91 Å². The first kappa shape index (κ1) is 17.5. The van der Waals surface area contributed by atoms with E-state index in [1.807, 2.05) is 12.1 Å². The summed E-state index contributed by atoms with van der Waals surface area (Å²) in [5.41, 5.74) is -0.102. The van der Waals surface area contributed by atoms with Crippen LogP contribution < -0.4 is 15.4 Å². The Kier molecular flexibility index (Phi) is 5.64. The highest BCUT2D eigenvalue weighted by Crippen LogP contribution is 2.32. The number of carbonyl (C=O) groups is 1. The molecule has 2 N–H and O–H groups in total. The highest BCUT2D eigenvalue weighted by Gasteiger charge is 2.39. The Morgan fingerprint density at radius 2 is 2.00 bits per heavy atom. The van der Waals surface area contributed by atoms with Gasteiger partial charge in [-0.2, -0.15) is 0 Å². The van der Waals surface area contributed by atoms with Gasteiger partial charge in [0.05, 0.1) is 11.1 Å². The maximum atomic E-state index is 12.7. The molecular weight excluding hydrogens is 328 g/mol. The van der Waals surface area contributed by atoms with Gasteiger partial charge in [0.2, 0.25) is 0 Å². The van der Waals surface area contributed by atoms with Gasteiger partial charge in [-0.15, -0.1) is 0 Å². The maximum absolute atomic E-state index is 12.7. The molecule has 1 aromatic carbocycles. The number of carbonyl (C=O) groups excluding carboxylic acids is 1. The summed E-state index contributed by atoms with van der Waals surface area (Å²) in [6.07, 6.45) is 6.17. The van der Waals surface area contributed by atoms with E-state index in [9.17, 15) is 4.79 Å². The van der Waals surface area contributed by atoms with Crippen LogP contribution >= 0.6 is 11.6 Å². The Bertz CT molecular complexity index is 582. The summed E-state index contributed by atoms with van der Waals surface area (Å²) in [6.45, 7) is 1.55. The smallest absolute Gasteiger partial charge is 0.256 e. The Labute approximate surface area is 148 Å². The van der Waals surface area contributed by atoms with E-state index in [2.05, 4.69) is 10.6 Å². The predicted octanol–water partition coefficient (Wildman–Crippen LogP) is 3.37. The number of ether oxygens (including phenoxy) is 2. The molecule has 0 radical (unpaired) electrons. The summed E-state index contributed by atoms with van der Waals surface area (Å²) in [4.78, 5) is 12.7. The molecule has 2 fully saturated rings. The van der Waals surface area contributed by atoms with Crippen molar-refractivity contribution in [1.82, 2.24) is 5.32 Å². The van der Waals surface area contributed by atoms with Crippen molar-refractivity contribution in [1.29, 1.82) is 0 Å². The van der Waals surface area contributed by atoms with Gasteiger partial charge in [0, 0.05) is 12.8 Å². The zero-order chi connectivity index (χ0) is 17.0. The Morgan fingerprint density at radius 3 is 2.62 bits per heavy atom. The lowest BCUT2D eigenvalue weighted by Gasteiger charge is -2.34. The number of anilines is 1. The molecule has 0 bridgehead atoms. The van der Waals surface area contributed by atoms with Crippen molar-refractivity contribution in [2.75, 3.05) is 25.5 Å². The van der Waals surface area contributed by atoms with E-state index in [1.165, 1.54) is 12.8 Å². The van der Waals surface area contributed by atoms with E-state index >= 15 is 0 Å². The van der Waals surface area contributed by atoms with E-state index in [1.54, 1.807) is 13.2 Å². The molecule has 24 heavy (non-hydrogen) atoms. The topological polar surface area (TPSA) is 59.6 Å². The molecule has 1 aliphatic heterocycles. The van der Waals surface area contributed by atoms with Crippen molar-refractivity contribution < 1.29 is 14.3 Å². The van der Waals surface area contributed by atoms with Crippen LogP contribution in [0.5, 0.6) is 5.75 Å². The third-order valence-electron chi connectivity index (χ3n) is 5.00. The molecule has 1 aliphatic carbocycles. The second-order valence-corrected chi connectivity index (χ2v) is 6.98. The molecular formula is C18H25ClN2O3. The van der Waals surface area contributed by atoms with Crippen LogP contribution in [-0.2, 0) is 9.53 Å². The van der Waals surface area contributed by atoms with E-state index in [-0.39, 0.29) is 12.0 Å². The number of halogens is 1. The Balaban J connectivity index is 1.66. The van der Waals surface area contributed by atoms with Crippen molar-refractivity contribution in [3.05, 3.63) is 23.2 Å². The second kappa shape index (κ2) is 7.72. The first-order valence-corrected chi connectivity index (χ1v) is 9.04. The van der Waals surface area contributed by atoms with Crippen molar-refractivity contribution in [3.8, 4) is 5.75 Å². The third kappa shape index (κ3) is 3.85. The first-order valence-electron chi connectivity index (χ1n) is 8.66. The fourth-order valence-corrected chi connectivity index (χ4v) is 3.68. The van der Waals surface area contributed by atoms with Gasteiger partial charge in [0.15, 0.2) is 0 Å². The quantitative estimate of drug-likeness (QED) is 0.853. The van der Waals surface area contributed by atoms with Gasteiger partial charge in [-0.1, -0.05) is 11.6 Å². The molecule has 6 heteroatoms. The Hall–Kier alpha value is -1.30. The second-order valence-electron chi connectivity index (χ2n) is 6.57. The minimum atomic E-state index is -0.767. The summed E-state index contributed by atoms with van der Waals surface area (Å²) in [5.74, 6) is 0.567. The van der Waals surface area contributed by atoms with Crippen LogP contribution in [0.1, 0.15) is 38.5 Å². The van der Waals surface area contributed by atoms with Crippen molar-refractivity contribution in [3.63, 3.8) is 0 Å². The fourth-order valence-electron chi connectivity index (χ4n) is 3.46. The lowest BCUT2D eigenvalue weighted by atomic mass is 9.91. The van der Waals surface area contributed by atoms with Crippen LogP contribution in [0, 0.1) is 0 Å². The molecule has 5 nitrogen and oxygen atoms in total. The van der Waals surface area contributed by atoms with E-state index in [4.69, 9.17) is 21.1 Å². The molecule has 1 amide bonds. The standard InChI is InChI=1S/C18H25ClN2O3/c1-23-18(8-10-20-11-9-18)17(22)21-13-6-7-16(15(19)12-13)24-14-4-2-3-5-14/h6-7,12,14,20H,2-5,8-11H2,1H3,(H,21,22). The average molecular weight is 353 g/mol. The number of rotatable bonds is 5. The van der Waals surface area contributed by atoms with Crippen LogP contribution in [0.2, 0.25) is 5.02 Å². The largest absolute Gasteiger partial charge is 0.489 e. The zero-order valence-corrected chi connectivity index (χ0v) is 14.8. The molecule has 0 atom stereocenters. The van der Waals surface area contributed by atoms with Crippen molar-refractivity contribution in [2.45, 2.75) is 50.2 Å². The minimum Gasteiger partial charge on any atom is -0.489 e. The summed E-state index contributed by atoms with van der Waals surface area (Å²) in [6, 6.07) is 5.41. The number of methoxy groups -OCH3 is 1. The van der Waals surface area contributed by atoms with E-state index in [0.717, 1.165) is 25.9 Å². The summed E-state index contributed by atoms with van der Waals surface area (Å²) >= 11 is 6.33. The molecule has 1 heterocycles. The van der Waals surface area contributed by atoms with Crippen LogP contribution in [0.4, 0.5) is 5.69 Å². The average Bonchev–Trinajstić information content (AvgIpc) is 3.11. The SMILES string of the molecule is COC1(C(=O)Nc2ccc(OC3CCCC3)c(Cl)c2)CCNCC1. The van der Waals surface area contributed by atoms with Gasteiger partial charge >= 0.3 is 0 Å². The number of hydrogen-bond acceptors (Lipinski definition) is 4. The lowest BCUT2D eigenvalue weighted by molar-refractivity contribution is -0.140. The molecule has 1 saturated heterocycles. The van der Waals surface area contributed by atoms with E-state index in [0.29, 0.717) is 29.3 Å². The highest BCUT2D eigenvalue weighted by atomic mass is 35.5. The van der Waals surface area contributed by atoms with Gasteiger partial charge in [0.1, 0.15) is 11.4 Å². The van der Waals surface area contributed by atoms with Crippen LogP contribution in [0.15, 0.2) is 18.2 Å². The minimum absolute atomic E-state index is 0.118. The third-order valence-corrected chi connectivity index (χ3v) is 5.30. The molecule has 3 rings (SSSR count). The number of piperidine rings is 1. The van der Waals surface area contributed by atoms with Gasteiger partial charge in [-0.3, -0.25) is 4.79 Å². The van der Waals surface area contributed by atoms with Crippen LogP contribution in [0.3, 0.4) is 0 Å². The summed E-state index contributed by atoms with van der Waals surface area (Å²) < 4.78 is 11.5. The molecule has 0 aromatic heterocycles. The highest BCUT2D eigenvalue weighted by molar-refractivity contribution is 6.32. The van der Waals surface area contributed by atoms with Crippen molar-refractivity contribution >= 4 is 23.2 Å². The molecule has 1 saturated carbocycles. The zero-order valence-electron chi connectivity index (χ0n) is 14.1. The molecule has 132 valence electrons. The summed E-state index contributed by atoms with van der Waals surface area (Å²) in [7, 11) is 1.59. The summed E-state index contributed by atoms with van der Waals surface area (Å²) in [5, 5.41) is 6.70. The fraction of sp³-hybridized carbons (Fsp3) is 0.611. The number of nitrogens with one attached hydrogen (secondary N) is 2. The predicted molar refractivity (Wildman–Crippen MR) is 94.8 cm³/mol. The number of amides is 1. The van der Waals surface area contributed by atoms with Crippen LogP contribution in [-0.4, -0.2) is 37.8 Å². The number of hydrogen-bond donors (Lipinski definition) is 2. The Morgan fingerprint density at radius 1 is 1.29 bits per heavy atom. The molecule has 2 aliphatic rings. The lowest BCUT2D eigenvalue weighted by Crippen LogP contribution is -2.51. The molecule has 1 aromatic rings. The first-order chi connectivity index (χ1) is 11.6. The van der Waals surface area contributed by atoms with Gasteiger partial charge < -0.3 is 20.1 Å². The van der Waals surface area contributed by atoms with Gasteiger partial charge in [-0.05, 0) is 69.8 Å². The monoisotopic (exact) mass is 352 g/mol. The molecule has 0 unspecified atom stereocenters. The van der Waals surface area contributed by atoms with Crippen molar-refractivity contribution in [2.24, 2.45) is 0 Å². The number of benzene rings is 1. The van der Waals surface area contributed by atoms with E-state index < -0.39 is 5.60 Å².